The van der Waals surface area contributed by atoms with Gasteiger partial charge >= 0.3 is 5.97 Å². The lowest BCUT2D eigenvalue weighted by Gasteiger charge is -2.45. The van der Waals surface area contributed by atoms with Crippen LogP contribution in [0.15, 0.2) is 36.4 Å². The van der Waals surface area contributed by atoms with E-state index in [2.05, 4.69) is 56.9 Å². The van der Waals surface area contributed by atoms with E-state index in [1.807, 2.05) is 23.9 Å². The third-order valence-corrected chi connectivity index (χ3v) is 9.10. The number of fused-ring (bicyclic) bond motifs is 1. The summed E-state index contributed by atoms with van der Waals surface area (Å²) in [6, 6.07) is 11.7. The number of hydrogen-bond acceptors (Lipinski definition) is 4. The van der Waals surface area contributed by atoms with Crippen LogP contribution >= 0.6 is 11.8 Å². The summed E-state index contributed by atoms with van der Waals surface area (Å²) in [5.74, 6) is 1.18. The lowest BCUT2D eigenvalue weighted by Crippen LogP contribution is -2.45. The van der Waals surface area contributed by atoms with Crippen molar-refractivity contribution in [2.75, 3.05) is 25.4 Å². The Bertz CT molecular complexity index is 1100. The number of likely N-dealkylation sites (tertiary alicyclic amines) is 1. The molecule has 36 heavy (non-hydrogen) atoms. The fraction of sp³-hybridized carbons (Fsp3) is 0.516. The number of aliphatic hydroxyl groups excluding tert-OH is 1. The van der Waals surface area contributed by atoms with Crippen LogP contribution in [0.2, 0.25) is 0 Å². The fourth-order valence-corrected chi connectivity index (χ4v) is 6.55. The standard InChI is InChI=1S/C31H41NO3S/c1-30(2)20-28(33)31(3,4)27-18-24(13-10-22-8-11-23(12-9-22)29(34)35)25(19-26(27)30)21-36-17-16-32-14-6-5-7-15-32/h8-13,18-19,28,33H,5-7,14-17,20-21H2,1-4H3,(H,34,35)/b13-10+. The van der Waals surface area contributed by atoms with Crippen LogP contribution in [0, 0.1) is 0 Å². The summed E-state index contributed by atoms with van der Waals surface area (Å²) in [4.78, 5) is 13.8. The van der Waals surface area contributed by atoms with Gasteiger partial charge in [0.1, 0.15) is 0 Å². The van der Waals surface area contributed by atoms with Crippen molar-refractivity contribution in [3.63, 3.8) is 0 Å². The first kappa shape index (κ1) is 27.0. The molecule has 2 aromatic carbocycles. The van der Waals surface area contributed by atoms with E-state index >= 15 is 0 Å². The summed E-state index contributed by atoms with van der Waals surface area (Å²) >= 11 is 2.00. The largest absolute Gasteiger partial charge is 0.478 e. The molecule has 194 valence electrons. The molecule has 0 aromatic heterocycles. The van der Waals surface area contributed by atoms with Crippen LogP contribution in [0.25, 0.3) is 12.2 Å². The Balaban J connectivity index is 1.61. The number of thioether (sulfide) groups is 1. The second kappa shape index (κ2) is 11.1. The van der Waals surface area contributed by atoms with Gasteiger partial charge in [0.2, 0.25) is 0 Å². The summed E-state index contributed by atoms with van der Waals surface area (Å²) in [7, 11) is 0. The van der Waals surface area contributed by atoms with E-state index in [1.165, 1.54) is 54.6 Å². The van der Waals surface area contributed by atoms with E-state index in [4.69, 9.17) is 0 Å². The number of piperidine rings is 1. The molecule has 1 fully saturated rings. The minimum atomic E-state index is -0.910. The summed E-state index contributed by atoms with van der Waals surface area (Å²) in [6.07, 6.45) is 8.62. The van der Waals surface area contributed by atoms with Gasteiger partial charge in [-0.1, -0.05) is 70.5 Å². The van der Waals surface area contributed by atoms with Crippen LogP contribution in [-0.4, -0.2) is 52.6 Å². The highest BCUT2D eigenvalue weighted by atomic mass is 32.2. The summed E-state index contributed by atoms with van der Waals surface area (Å²) in [5, 5.41) is 20.2. The summed E-state index contributed by atoms with van der Waals surface area (Å²) in [5.41, 5.74) is 5.98. The summed E-state index contributed by atoms with van der Waals surface area (Å²) < 4.78 is 0. The highest BCUT2D eigenvalue weighted by Crippen LogP contribution is 2.47. The van der Waals surface area contributed by atoms with E-state index in [1.54, 1.807) is 12.1 Å². The zero-order chi connectivity index (χ0) is 25.9. The zero-order valence-electron chi connectivity index (χ0n) is 22.2. The van der Waals surface area contributed by atoms with Gasteiger partial charge in [-0.15, -0.1) is 0 Å². The molecule has 5 heteroatoms. The minimum absolute atomic E-state index is 0.0770. The maximum Gasteiger partial charge on any atom is 0.335 e. The predicted octanol–water partition coefficient (Wildman–Crippen LogP) is 6.59. The summed E-state index contributed by atoms with van der Waals surface area (Å²) in [6.45, 7) is 12.4. The first-order valence-corrected chi connectivity index (χ1v) is 14.4. The second-order valence-corrected chi connectivity index (χ2v) is 12.7. The van der Waals surface area contributed by atoms with Crippen molar-refractivity contribution in [2.24, 2.45) is 0 Å². The highest BCUT2D eigenvalue weighted by Gasteiger charge is 2.43. The van der Waals surface area contributed by atoms with Crippen molar-refractivity contribution in [1.29, 1.82) is 0 Å². The van der Waals surface area contributed by atoms with Crippen molar-refractivity contribution in [3.05, 3.63) is 69.8 Å². The molecule has 1 aliphatic heterocycles. The maximum atomic E-state index is 11.2. The van der Waals surface area contributed by atoms with E-state index in [0.717, 1.165) is 30.0 Å². The molecule has 4 rings (SSSR count). The maximum absolute atomic E-state index is 11.2. The molecule has 0 radical (unpaired) electrons. The van der Waals surface area contributed by atoms with Crippen LogP contribution in [-0.2, 0) is 16.6 Å². The number of hydrogen-bond donors (Lipinski definition) is 2. The Morgan fingerprint density at radius 2 is 1.72 bits per heavy atom. The van der Waals surface area contributed by atoms with Crippen LogP contribution in [0.5, 0.6) is 0 Å². The van der Waals surface area contributed by atoms with Gasteiger partial charge in [0.15, 0.2) is 0 Å². The quantitative estimate of drug-likeness (QED) is 0.312. The average Bonchev–Trinajstić information content (AvgIpc) is 2.85. The van der Waals surface area contributed by atoms with Crippen molar-refractivity contribution in [2.45, 2.75) is 76.1 Å². The molecule has 0 spiro atoms. The van der Waals surface area contributed by atoms with Gasteiger partial charge in [-0.3, -0.25) is 0 Å². The molecule has 1 aliphatic carbocycles. The Morgan fingerprint density at radius 1 is 1.03 bits per heavy atom. The normalized spacial score (nSPS) is 21.4. The molecule has 2 aromatic rings. The van der Waals surface area contributed by atoms with Crippen molar-refractivity contribution in [3.8, 4) is 0 Å². The molecule has 0 bridgehead atoms. The molecule has 0 saturated carbocycles. The van der Waals surface area contributed by atoms with Crippen molar-refractivity contribution in [1.82, 2.24) is 4.90 Å². The molecule has 1 saturated heterocycles. The number of carbonyl (C=O) groups is 1. The molecular weight excluding hydrogens is 466 g/mol. The van der Waals surface area contributed by atoms with Crippen molar-refractivity contribution < 1.29 is 15.0 Å². The molecule has 1 heterocycles. The van der Waals surface area contributed by atoms with Gasteiger partial charge < -0.3 is 15.1 Å². The number of nitrogens with zero attached hydrogens (tertiary/aromatic N) is 1. The number of carboxylic acid groups (broad SMARTS) is 1. The van der Waals surface area contributed by atoms with Gasteiger partial charge in [0.05, 0.1) is 11.7 Å². The number of carboxylic acids is 1. The second-order valence-electron chi connectivity index (χ2n) is 11.6. The van der Waals surface area contributed by atoms with E-state index in [9.17, 15) is 15.0 Å². The lowest BCUT2D eigenvalue weighted by atomic mass is 9.61. The van der Waals surface area contributed by atoms with E-state index in [-0.39, 0.29) is 16.9 Å². The van der Waals surface area contributed by atoms with Crippen molar-refractivity contribution >= 4 is 29.9 Å². The molecule has 2 N–H and O–H groups in total. The molecule has 2 aliphatic rings. The third-order valence-electron chi connectivity index (χ3n) is 8.11. The Kier molecular flexibility index (Phi) is 8.33. The average molecular weight is 508 g/mol. The molecular formula is C31H41NO3S. The number of benzene rings is 2. The van der Waals surface area contributed by atoms with Gasteiger partial charge in [-0.2, -0.15) is 11.8 Å². The minimum Gasteiger partial charge on any atom is -0.478 e. The van der Waals surface area contributed by atoms with Crippen LogP contribution in [0.4, 0.5) is 0 Å². The smallest absolute Gasteiger partial charge is 0.335 e. The lowest BCUT2D eigenvalue weighted by molar-refractivity contribution is 0.0582. The van der Waals surface area contributed by atoms with E-state index < -0.39 is 5.97 Å². The predicted molar refractivity (Wildman–Crippen MR) is 152 cm³/mol. The number of rotatable bonds is 8. The molecule has 4 nitrogen and oxygen atoms in total. The molecule has 1 atom stereocenters. The molecule has 0 amide bonds. The Hall–Kier alpha value is -2.08. The zero-order valence-corrected chi connectivity index (χ0v) is 23.0. The molecule has 1 unspecified atom stereocenters. The topological polar surface area (TPSA) is 60.8 Å². The van der Waals surface area contributed by atoms with Gasteiger partial charge in [0.25, 0.3) is 0 Å². The Labute approximate surface area is 220 Å². The Morgan fingerprint density at radius 3 is 2.39 bits per heavy atom. The third kappa shape index (κ3) is 6.07. The fourth-order valence-electron chi connectivity index (χ4n) is 5.54. The van der Waals surface area contributed by atoms with Crippen LogP contribution in [0.1, 0.15) is 91.6 Å². The van der Waals surface area contributed by atoms with Gasteiger partial charge in [-0.05, 0) is 77.7 Å². The van der Waals surface area contributed by atoms with E-state index in [0.29, 0.717) is 5.56 Å². The first-order chi connectivity index (χ1) is 17.1. The van der Waals surface area contributed by atoms with Crippen LogP contribution in [0.3, 0.4) is 0 Å². The number of aromatic carboxylic acids is 1. The van der Waals surface area contributed by atoms with Gasteiger partial charge in [0, 0.05) is 23.5 Å². The SMILES string of the molecule is CC1(C)CC(O)C(C)(C)c2cc(/C=C/c3ccc(C(=O)O)cc3)c(CSCCN3CCCCC3)cc21. The number of aliphatic hydroxyl groups is 1. The monoisotopic (exact) mass is 507 g/mol. The van der Waals surface area contributed by atoms with Gasteiger partial charge in [-0.25, -0.2) is 4.79 Å². The highest BCUT2D eigenvalue weighted by molar-refractivity contribution is 7.98. The van der Waals surface area contributed by atoms with Crippen LogP contribution < -0.4 is 0 Å². The first-order valence-electron chi connectivity index (χ1n) is 13.3.